The zero-order valence-electron chi connectivity index (χ0n) is 14.6. The Morgan fingerprint density at radius 1 is 1.25 bits per heavy atom. The van der Waals surface area contributed by atoms with E-state index in [-0.39, 0.29) is 17.1 Å². The molecule has 5 nitrogen and oxygen atoms in total. The molecule has 1 atom stereocenters. The molecule has 24 heavy (non-hydrogen) atoms. The topological polar surface area (TPSA) is 58.6 Å². The number of ether oxygens (including phenoxy) is 1. The summed E-state index contributed by atoms with van der Waals surface area (Å²) in [5.41, 5.74) is 2.54. The number of nitrogens with zero attached hydrogens (tertiary/aromatic N) is 1. The highest BCUT2D eigenvalue weighted by molar-refractivity contribution is 8.04. The standard InChI is InChI=1S/C18H24N2O3S/c1-5-20-12(3)17(13(4)21)24-16(20)11-19-15-9-7-14(8-10-15)18(22)23-6-2/h7-10,16,19H,5-6,11H2,1-4H3. The van der Waals surface area contributed by atoms with Crippen molar-refractivity contribution >= 4 is 29.2 Å². The molecule has 0 fully saturated rings. The first-order valence-corrected chi connectivity index (χ1v) is 9.02. The molecule has 0 spiro atoms. The normalized spacial score (nSPS) is 17.2. The van der Waals surface area contributed by atoms with Crippen LogP contribution >= 0.6 is 11.8 Å². The lowest BCUT2D eigenvalue weighted by Gasteiger charge is -2.26. The van der Waals surface area contributed by atoms with E-state index < -0.39 is 0 Å². The SMILES string of the molecule is CCOC(=O)c1ccc(NCC2SC(C(C)=O)=C(C)N2CC)cc1. The average molecular weight is 348 g/mol. The van der Waals surface area contributed by atoms with Crippen molar-refractivity contribution in [3.63, 3.8) is 0 Å². The molecule has 130 valence electrons. The maximum Gasteiger partial charge on any atom is 0.338 e. The van der Waals surface area contributed by atoms with E-state index in [0.29, 0.717) is 18.7 Å². The van der Waals surface area contributed by atoms with Crippen LogP contribution < -0.4 is 5.32 Å². The van der Waals surface area contributed by atoms with Gasteiger partial charge in [-0.1, -0.05) is 11.8 Å². The second-order valence-corrected chi connectivity index (χ2v) is 6.70. The molecular weight excluding hydrogens is 324 g/mol. The van der Waals surface area contributed by atoms with Crippen LogP contribution in [-0.4, -0.2) is 41.7 Å². The van der Waals surface area contributed by atoms with Crippen molar-refractivity contribution in [3.05, 3.63) is 40.4 Å². The Labute approximate surface area is 147 Å². The number of anilines is 1. The van der Waals surface area contributed by atoms with Crippen molar-refractivity contribution in [2.75, 3.05) is 25.0 Å². The lowest BCUT2D eigenvalue weighted by molar-refractivity contribution is -0.113. The van der Waals surface area contributed by atoms with Gasteiger partial charge >= 0.3 is 5.97 Å². The molecule has 0 aromatic heterocycles. The molecule has 6 heteroatoms. The predicted molar refractivity (Wildman–Crippen MR) is 98.0 cm³/mol. The summed E-state index contributed by atoms with van der Waals surface area (Å²) in [5, 5.41) is 3.57. The molecule has 0 bridgehead atoms. The molecule has 0 amide bonds. The second kappa shape index (κ2) is 8.24. The highest BCUT2D eigenvalue weighted by Gasteiger charge is 2.30. The molecule has 0 saturated carbocycles. The Morgan fingerprint density at radius 2 is 1.92 bits per heavy atom. The van der Waals surface area contributed by atoms with Crippen LogP contribution in [0.3, 0.4) is 0 Å². The van der Waals surface area contributed by atoms with Crippen molar-refractivity contribution in [1.29, 1.82) is 0 Å². The maximum atomic E-state index is 11.7. The molecule has 1 N–H and O–H groups in total. The number of ketones is 1. The number of Topliss-reactive ketones (excluding diaryl/α,β-unsaturated/α-hetero) is 1. The summed E-state index contributed by atoms with van der Waals surface area (Å²) < 4.78 is 4.98. The third-order valence-corrected chi connectivity index (χ3v) is 5.41. The van der Waals surface area contributed by atoms with Gasteiger partial charge in [0.1, 0.15) is 0 Å². The number of rotatable bonds is 7. The van der Waals surface area contributed by atoms with Gasteiger partial charge in [0, 0.05) is 24.5 Å². The first-order chi connectivity index (χ1) is 11.5. The van der Waals surface area contributed by atoms with Crippen LogP contribution in [-0.2, 0) is 9.53 Å². The molecule has 0 saturated heterocycles. The molecule has 1 aromatic carbocycles. The maximum absolute atomic E-state index is 11.7. The molecule has 1 aromatic rings. The molecule has 1 heterocycles. The number of likely N-dealkylation sites (N-methyl/N-ethyl adjacent to an activating group) is 1. The van der Waals surface area contributed by atoms with Crippen molar-refractivity contribution in [2.45, 2.75) is 33.1 Å². The fourth-order valence-corrected chi connectivity index (χ4v) is 4.03. The third kappa shape index (κ3) is 4.12. The van der Waals surface area contributed by atoms with Crippen LogP contribution in [0.2, 0.25) is 0 Å². The Morgan fingerprint density at radius 3 is 2.46 bits per heavy atom. The zero-order valence-corrected chi connectivity index (χ0v) is 15.4. The summed E-state index contributed by atoms with van der Waals surface area (Å²) in [6.07, 6.45) is 0. The fourth-order valence-electron chi connectivity index (χ4n) is 2.71. The molecule has 1 aliphatic heterocycles. The number of benzene rings is 1. The van der Waals surface area contributed by atoms with E-state index in [1.54, 1.807) is 37.7 Å². The van der Waals surface area contributed by atoms with Gasteiger partial charge in [0.2, 0.25) is 0 Å². The summed E-state index contributed by atoms with van der Waals surface area (Å²) in [5.74, 6) is -0.185. The van der Waals surface area contributed by atoms with Gasteiger partial charge in [0.15, 0.2) is 5.78 Å². The molecule has 0 aliphatic carbocycles. The lowest BCUT2D eigenvalue weighted by Crippen LogP contribution is -2.33. The van der Waals surface area contributed by atoms with Gasteiger partial charge in [-0.05, 0) is 52.0 Å². The predicted octanol–water partition coefficient (Wildman–Crippen LogP) is 3.49. The molecule has 1 aliphatic rings. The van der Waals surface area contributed by atoms with E-state index in [1.807, 2.05) is 19.1 Å². The van der Waals surface area contributed by atoms with E-state index in [2.05, 4.69) is 17.1 Å². The molecule has 0 radical (unpaired) electrons. The molecular formula is C18H24N2O3S. The lowest BCUT2D eigenvalue weighted by atomic mass is 10.2. The first-order valence-electron chi connectivity index (χ1n) is 8.14. The quantitative estimate of drug-likeness (QED) is 0.761. The largest absolute Gasteiger partial charge is 0.462 e. The minimum atomic E-state index is -0.307. The Hall–Kier alpha value is -1.95. The molecule has 2 rings (SSSR count). The van der Waals surface area contributed by atoms with Gasteiger partial charge in [0.05, 0.1) is 22.4 Å². The minimum Gasteiger partial charge on any atom is -0.462 e. The average Bonchev–Trinajstić information content (AvgIpc) is 2.89. The number of allylic oxidation sites excluding steroid dienone is 2. The van der Waals surface area contributed by atoms with E-state index in [4.69, 9.17) is 4.74 Å². The van der Waals surface area contributed by atoms with Crippen LogP contribution in [0.4, 0.5) is 5.69 Å². The number of hydrogen-bond donors (Lipinski definition) is 1. The Balaban J connectivity index is 1.96. The number of esters is 1. The smallest absolute Gasteiger partial charge is 0.338 e. The van der Waals surface area contributed by atoms with Gasteiger partial charge < -0.3 is 15.0 Å². The van der Waals surface area contributed by atoms with Gasteiger partial charge in [-0.25, -0.2) is 4.79 Å². The number of nitrogens with one attached hydrogen (secondary N) is 1. The van der Waals surface area contributed by atoms with Crippen LogP contribution in [0.25, 0.3) is 0 Å². The highest BCUT2D eigenvalue weighted by atomic mass is 32.2. The monoisotopic (exact) mass is 348 g/mol. The van der Waals surface area contributed by atoms with Gasteiger partial charge in [0.25, 0.3) is 0 Å². The van der Waals surface area contributed by atoms with E-state index in [0.717, 1.165) is 22.8 Å². The van der Waals surface area contributed by atoms with Gasteiger partial charge in [-0.15, -0.1) is 0 Å². The van der Waals surface area contributed by atoms with Crippen LogP contribution in [0.15, 0.2) is 34.9 Å². The van der Waals surface area contributed by atoms with Crippen molar-refractivity contribution in [2.24, 2.45) is 0 Å². The summed E-state index contributed by atoms with van der Waals surface area (Å²) in [6.45, 7) is 9.45. The summed E-state index contributed by atoms with van der Waals surface area (Å²) in [4.78, 5) is 26.5. The number of hydrogen-bond acceptors (Lipinski definition) is 6. The summed E-state index contributed by atoms with van der Waals surface area (Å²) >= 11 is 1.61. The summed E-state index contributed by atoms with van der Waals surface area (Å²) in [6, 6.07) is 7.25. The van der Waals surface area contributed by atoms with Crippen molar-refractivity contribution < 1.29 is 14.3 Å². The van der Waals surface area contributed by atoms with E-state index in [1.165, 1.54) is 0 Å². The molecule has 1 unspecified atom stereocenters. The van der Waals surface area contributed by atoms with E-state index in [9.17, 15) is 9.59 Å². The number of carbonyl (C=O) groups is 2. The van der Waals surface area contributed by atoms with Crippen molar-refractivity contribution in [3.8, 4) is 0 Å². The van der Waals surface area contributed by atoms with Crippen LogP contribution in [0, 0.1) is 0 Å². The number of carbonyl (C=O) groups excluding carboxylic acids is 2. The zero-order chi connectivity index (χ0) is 17.7. The van der Waals surface area contributed by atoms with E-state index >= 15 is 0 Å². The van der Waals surface area contributed by atoms with Gasteiger partial charge in [-0.3, -0.25) is 4.79 Å². The van der Waals surface area contributed by atoms with Crippen LogP contribution in [0.1, 0.15) is 38.1 Å². The second-order valence-electron chi connectivity index (χ2n) is 5.51. The number of thioether (sulfide) groups is 1. The highest BCUT2D eigenvalue weighted by Crippen LogP contribution is 2.38. The minimum absolute atomic E-state index is 0.122. The Kier molecular flexibility index (Phi) is 6.31. The van der Waals surface area contributed by atoms with Crippen molar-refractivity contribution in [1.82, 2.24) is 4.90 Å². The Bertz CT molecular complexity index is 640. The summed E-state index contributed by atoms with van der Waals surface area (Å²) in [7, 11) is 0. The van der Waals surface area contributed by atoms with Crippen LogP contribution in [0.5, 0.6) is 0 Å². The first kappa shape index (κ1) is 18.4. The van der Waals surface area contributed by atoms with Gasteiger partial charge in [-0.2, -0.15) is 0 Å². The fraction of sp³-hybridized carbons (Fsp3) is 0.444. The third-order valence-electron chi connectivity index (χ3n) is 3.90.